The Morgan fingerprint density at radius 3 is 2.86 bits per heavy atom. The van der Waals surface area contributed by atoms with Crippen molar-refractivity contribution in [2.45, 2.75) is 51.4 Å². The molecule has 2 aliphatic heterocycles. The van der Waals surface area contributed by atoms with Gasteiger partial charge in [-0.2, -0.15) is 4.98 Å². The van der Waals surface area contributed by atoms with Crippen molar-refractivity contribution in [2.75, 3.05) is 19.7 Å². The maximum absolute atomic E-state index is 12.9. The molecule has 7 nitrogen and oxygen atoms in total. The highest BCUT2D eigenvalue weighted by atomic mass is 16.6. The minimum atomic E-state index is -0.379. The standard InChI is InChI=1S/C22H27N3O4/c1-16-11-17(2)25(21(27)23-16)13-20(26)24-10-6-9-22(15-24)12-19(14-28-22)29-18-7-4-3-5-8-18/h3-5,7-8,11,19H,6,9-10,12-15H2,1-2H3/t19-,22-/m1/s1. The van der Waals surface area contributed by atoms with Crippen LogP contribution >= 0.6 is 0 Å². The van der Waals surface area contributed by atoms with Crippen molar-refractivity contribution >= 4 is 5.91 Å². The number of rotatable bonds is 4. The van der Waals surface area contributed by atoms with E-state index in [4.69, 9.17) is 9.47 Å². The van der Waals surface area contributed by atoms with Gasteiger partial charge in [0.05, 0.1) is 12.2 Å². The molecule has 1 spiro atoms. The number of aromatic nitrogens is 2. The van der Waals surface area contributed by atoms with E-state index in [0.29, 0.717) is 25.4 Å². The maximum atomic E-state index is 12.9. The Balaban J connectivity index is 1.41. The summed E-state index contributed by atoms with van der Waals surface area (Å²) < 4.78 is 13.7. The lowest BCUT2D eigenvalue weighted by Gasteiger charge is -2.39. The fraction of sp³-hybridized carbons (Fsp3) is 0.500. The molecule has 29 heavy (non-hydrogen) atoms. The van der Waals surface area contributed by atoms with Gasteiger partial charge in [-0.25, -0.2) is 4.79 Å². The first-order valence-corrected chi connectivity index (χ1v) is 10.1. The monoisotopic (exact) mass is 397 g/mol. The second-order valence-electron chi connectivity index (χ2n) is 8.08. The number of likely N-dealkylation sites (tertiary alicyclic amines) is 1. The first-order valence-electron chi connectivity index (χ1n) is 10.1. The summed E-state index contributed by atoms with van der Waals surface area (Å²) in [5.41, 5.74) is 0.669. The van der Waals surface area contributed by atoms with E-state index in [1.165, 1.54) is 4.57 Å². The van der Waals surface area contributed by atoms with Gasteiger partial charge in [0.25, 0.3) is 0 Å². The highest BCUT2D eigenvalue weighted by Gasteiger charge is 2.45. The van der Waals surface area contributed by atoms with Crippen LogP contribution in [0.2, 0.25) is 0 Å². The average molecular weight is 397 g/mol. The van der Waals surface area contributed by atoms with Gasteiger partial charge in [-0.3, -0.25) is 9.36 Å². The smallest absolute Gasteiger partial charge is 0.348 e. The van der Waals surface area contributed by atoms with Gasteiger partial charge in [-0.05, 0) is 44.9 Å². The number of piperidine rings is 1. The molecule has 4 rings (SSSR count). The summed E-state index contributed by atoms with van der Waals surface area (Å²) in [7, 11) is 0. The third kappa shape index (κ3) is 4.34. The van der Waals surface area contributed by atoms with Crippen molar-refractivity contribution in [3.8, 4) is 5.75 Å². The van der Waals surface area contributed by atoms with Crippen molar-refractivity contribution in [3.63, 3.8) is 0 Å². The van der Waals surface area contributed by atoms with Gasteiger partial charge in [0.2, 0.25) is 5.91 Å². The Labute approximate surface area is 170 Å². The van der Waals surface area contributed by atoms with Gasteiger partial charge >= 0.3 is 5.69 Å². The molecule has 1 aromatic carbocycles. The van der Waals surface area contributed by atoms with Gasteiger partial charge < -0.3 is 14.4 Å². The van der Waals surface area contributed by atoms with Crippen LogP contribution in [0.1, 0.15) is 30.7 Å². The predicted octanol–water partition coefficient (Wildman–Crippen LogP) is 2.09. The molecule has 2 fully saturated rings. The molecule has 154 valence electrons. The zero-order chi connectivity index (χ0) is 20.4. The van der Waals surface area contributed by atoms with E-state index in [-0.39, 0.29) is 29.8 Å². The third-order valence-corrected chi connectivity index (χ3v) is 5.75. The Morgan fingerprint density at radius 2 is 2.10 bits per heavy atom. The Bertz CT molecular complexity index is 943. The number of carbonyl (C=O) groups excluding carboxylic acids is 1. The summed E-state index contributed by atoms with van der Waals surface area (Å²) >= 11 is 0. The molecule has 0 radical (unpaired) electrons. The fourth-order valence-corrected chi connectivity index (χ4v) is 4.37. The number of nitrogens with zero attached hydrogens (tertiary/aromatic N) is 3. The number of aryl methyl sites for hydroxylation is 2. The van der Waals surface area contributed by atoms with Gasteiger partial charge in [0.1, 0.15) is 18.4 Å². The van der Waals surface area contributed by atoms with E-state index in [9.17, 15) is 9.59 Å². The van der Waals surface area contributed by atoms with Crippen LogP contribution in [0.3, 0.4) is 0 Å². The van der Waals surface area contributed by atoms with Crippen molar-refractivity contribution in [3.05, 3.63) is 58.3 Å². The number of hydrogen-bond donors (Lipinski definition) is 0. The summed E-state index contributed by atoms with van der Waals surface area (Å²) in [4.78, 5) is 30.9. The van der Waals surface area contributed by atoms with E-state index >= 15 is 0 Å². The van der Waals surface area contributed by atoms with Gasteiger partial charge in [-0.1, -0.05) is 18.2 Å². The Morgan fingerprint density at radius 1 is 1.31 bits per heavy atom. The molecule has 0 bridgehead atoms. The third-order valence-electron chi connectivity index (χ3n) is 5.75. The second kappa shape index (κ2) is 7.99. The van der Waals surface area contributed by atoms with E-state index < -0.39 is 0 Å². The molecule has 0 unspecified atom stereocenters. The topological polar surface area (TPSA) is 73.7 Å². The summed E-state index contributed by atoms with van der Waals surface area (Å²) in [6.07, 6.45) is 2.54. The van der Waals surface area contributed by atoms with E-state index in [1.54, 1.807) is 6.92 Å². The van der Waals surface area contributed by atoms with Crippen molar-refractivity contribution in [1.82, 2.24) is 14.5 Å². The van der Waals surface area contributed by atoms with Crippen LogP contribution in [0.25, 0.3) is 0 Å². The number of benzene rings is 1. The zero-order valence-corrected chi connectivity index (χ0v) is 17.0. The van der Waals surface area contributed by atoms with E-state index in [2.05, 4.69) is 4.98 Å². The predicted molar refractivity (Wildman–Crippen MR) is 108 cm³/mol. The Kier molecular flexibility index (Phi) is 5.41. The van der Waals surface area contributed by atoms with Gasteiger partial charge in [0.15, 0.2) is 0 Å². The van der Waals surface area contributed by atoms with E-state index in [1.807, 2.05) is 48.2 Å². The SMILES string of the molecule is Cc1cc(C)n(CC(=O)N2CCC[C@@]3(C[C@@H](Oc4ccccc4)CO3)C2)c(=O)n1. The number of amides is 1. The molecule has 7 heteroatoms. The maximum Gasteiger partial charge on any atom is 0.348 e. The first-order chi connectivity index (χ1) is 13.9. The quantitative estimate of drug-likeness (QED) is 0.790. The van der Waals surface area contributed by atoms with Gasteiger partial charge in [-0.15, -0.1) is 0 Å². The lowest BCUT2D eigenvalue weighted by Crippen LogP contribution is -2.51. The van der Waals surface area contributed by atoms with Crippen LogP contribution < -0.4 is 10.4 Å². The molecule has 2 atom stereocenters. The lowest BCUT2D eigenvalue weighted by molar-refractivity contribution is -0.139. The van der Waals surface area contributed by atoms with Crippen molar-refractivity contribution in [1.29, 1.82) is 0 Å². The minimum Gasteiger partial charge on any atom is -0.488 e. The summed E-state index contributed by atoms with van der Waals surface area (Å²) in [5, 5.41) is 0. The Hall–Kier alpha value is -2.67. The molecule has 2 aliphatic rings. The number of para-hydroxylation sites is 1. The summed E-state index contributed by atoms with van der Waals surface area (Å²) in [6, 6.07) is 11.6. The van der Waals surface area contributed by atoms with Crippen LogP contribution in [0.4, 0.5) is 0 Å². The molecule has 1 aromatic heterocycles. The lowest BCUT2D eigenvalue weighted by atomic mass is 9.89. The average Bonchev–Trinajstić information content (AvgIpc) is 3.06. The molecule has 2 aromatic rings. The molecule has 0 N–H and O–H groups in total. The summed E-state index contributed by atoms with van der Waals surface area (Å²) in [5.74, 6) is 0.763. The molecule has 1 amide bonds. The first kappa shape index (κ1) is 19.6. The van der Waals surface area contributed by atoms with Crippen LogP contribution in [0.15, 0.2) is 41.2 Å². The van der Waals surface area contributed by atoms with E-state index in [0.717, 1.165) is 30.7 Å². The van der Waals surface area contributed by atoms with Crippen molar-refractivity contribution < 1.29 is 14.3 Å². The molecule has 0 aliphatic carbocycles. The molecule has 3 heterocycles. The molecular weight excluding hydrogens is 370 g/mol. The second-order valence-corrected chi connectivity index (χ2v) is 8.08. The number of ether oxygens (including phenoxy) is 2. The van der Waals surface area contributed by atoms with Crippen LogP contribution in [0, 0.1) is 13.8 Å². The van der Waals surface area contributed by atoms with Crippen molar-refractivity contribution in [2.24, 2.45) is 0 Å². The fourth-order valence-electron chi connectivity index (χ4n) is 4.37. The van der Waals surface area contributed by atoms with Gasteiger partial charge in [0, 0.05) is 30.9 Å². The zero-order valence-electron chi connectivity index (χ0n) is 17.0. The van der Waals surface area contributed by atoms with Crippen LogP contribution in [0.5, 0.6) is 5.75 Å². The molecule has 0 saturated carbocycles. The highest BCUT2D eigenvalue weighted by Crippen LogP contribution is 2.36. The number of carbonyl (C=O) groups is 1. The largest absolute Gasteiger partial charge is 0.488 e. The normalized spacial score (nSPS) is 24.1. The molecule has 2 saturated heterocycles. The summed E-state index contributed by atoms with van der Waals surface area (Å²) in [6.45, 7) is 5.36. The number of hydrogen-bond acceptors (Lipinski definition) is 5. The van der Waals surface area contributed by atoms with Crippen LogP contribution in [-0.2, 0) is 16.1 Å². The minimum absolute atomic E-state index is 0.0119. The van der Waals surface area contributed by atoms with Crippen LogP contribution in [-0.4, -0.2) is 51.8 Å². The molecular formula is C22H27N3O4. The highest BCUT2D eigenvalue weighted by molar-refractivity contribution is 5.76.